The van der Waals surface area contributed by atoms with Crippen molar-refractivity contribution in [3.05, 3.63) is 0 Å². The number of rotatable bonds is 1. The third-order valence-electron chi connectivity index (χ3n) is 2.15. The molecule has 0 aromatic heterocycles. The van der Waals surface area contributed by atoms with Crippen molar-refractivity contribution >= 4 is 6.09 Å². The Labute approximate surface area is 107 Å². The van der Waals surface area contributed by atoms with Gasteiger partial charge < -0.3 is 4.74 Å². The molecule has 0 fully saturated rings. The molecule has 0 N–H and O–H groups in total. The van der Waals surface area contributed by atoms with Gasteiger partial charge in [0.05, 0.1) is 6.61 Å². The number of nitrogens with zero attached hydrogens (tertiary/aromatic N) is 1. The first-order valence-electron chi connectivity index (χ1n) is 6.22. The molecule has 0 rings (SSSR count). The van der Waals surface area contributed by atoms with E-state index in [0.717, 1.165) is 0 Å². The van der Waals surface area contributed by atoms with E-state index in [0.29, 0.717) is 6.61 Å². The lowest BCUT2D eigenvalue weighted by Crippen LogP contribution is -2.56. The number of hydrogen-bond donors (Lipinski definition) is 0. The van der Waals surface area contributed by atoms with Gasteiger partial charge in [-0.25, -0.2) is 4.79 Å². The van der Waals surface area contributed by atoms with Crippen molar-refractivity contribution in [3.63, 3.8) is 0 Å². The summed E-state index contributed by atoms with van der Waals surface area (Å²) in [6.45, 7) is 18.7. The van der Waals surface area contributed by atoms with Crippen LogP contribution in [0.25, 0.3) is 0 Å². The third-order valence-corrected chi connectivity index (χ3v) is 2.15. The topological polar surface area (TPSA) is 29.5 Å². The van der Waals surface area contributed by atoms with Crippen LogP contribution in [0.1, 0.15) is 62.3 Å². The normalized spacial score (nSPS) is 13.5. The molecule has 0 spiro atoms. The van der Waals surface area contributed by atoms with Gasteiger partial charge in [-0.15, -0.1) is 0 Å². The molecular weight excluding hydrogens is 214 g/mol. The highest BCUT2D eigenvalue weighted by Crippen LogP contribution is 2.26. The van der Waals surface area contributed by atoms with Crippen molar-refractivity contribution in [2.24, 2.45) is 5.41 Å². The van der Waals surface area contributed by atoms with Crippen LogP contribution in [0.15, 0.2) is 0 Å². The average molecular weight is 243 g/mol. The Morgan fingerprint density at radius 1 is 0.882 bits per heavy atom. The first kappa shape index (κ1) is 16.3. The maximum atomic E-state index is 12.2. The minimum atomic E-state index is -0.243. The summed E-state index contributed by atoms with van der Waals surface area (Å²) in [6.07, 6.45) is -0.236. The monoisotopic (exact) mass is 243 g/mol. The van der Waals surface area contributed by atoms with E-state index in [9.17, 15) is 4.79 Å². The van der Waals surface area contributed by atoms with Gasteiger partial charge in [0.2, 0.25) is 0 Å². The Hall–Kier alpha value is -0.730. The van der Waals surface area contributed by atoms with Gasteiger partial charge in [0.1, 0.15) is 0 Å². The molecule has 0 aliphatic rings. The van der Waals surface area contributed by atoms with E-state index >= 15 is 0 Å². The first-order valence-corrected chi connectivity index (χ1v) is 6.22. The summed E-state index contributed by atoms with van der Waals surface area (Å²) in [5, 5.41) is 0. The summed E-state index contributed by atoms with van der Waals surface area (Å²) in [7, 11) is 0. The second-order valence-corrected chi connectivity index (χ2v) is 7.79. The van der Waals surface area contributed by atoms with Gasteiger partial charge in [0, 0.05) is 11.1 Å². The van der Waals surface area contributed by atoms with E-state index in [4.69, 9.17) is 4.74 Å². The van der Waals surface area contributed by atoms with Gasteiger partial charge in [-0.3, -0.25) is 4.90 Å². The van der Waals surface area contributed by atoms with Crippen molar-refractivity contribution in [3.8, 4) is 0 Å². The lowest BCUT2D eigenvalue weighted by molar-refractivity contribution is 0.00736. The standard InChI is InChI=1S/C14H29NO2/c1-12(2,3)10-17-11(16)15(13(4,5)6)14(7,8)9/h10H2,1-9H3. The van der Waals surface area contributed by atoms with Crippen LogP contribution in [-0.4, -0.2) is 28.7 Å². The maximum Gasteiger partial charge on any atom is 0.410 e. The number of hydrogen-bond acceptors (Lipinski definition) is 2. The van der Waals surface area contributed by atoms with Crippen molar-refractivity contribution < 1.29 is 9.53 Å². The molecule has 0 unspecified atom stereocenters. The van der Waals surface area contributed by atoms with E-state index in [1.165, 1.54) is 0 Å². The Balaban J connectivity index is 4.81. The van der Waals surface area contributed by atoms with Gasteiger partial charge in [0.15, 0.2) is 0 Å². The smallest absolute Gasteiger partial charge is 0.410 e. The van der Waals surface area contributed by atoms with Crippen LogP contribution in [0.3, 0.4) is 0 Å². The molecule has 0 aliphatic carbocycles. The van der Waals surface area contributed by atoms with Crippen LogP contribution in [0.2, 0.25) is 0 Å². The summed E-state index contributed by atoms with van der Waals surface area (Å²) in [6, 6.07) is 0. The van der Waals surface area contributed by atoms with Gasteiger partial charge in [-0.1, -0.05) is 20.8 Å². The zero-order valence-electron chi connectivity index (χ0n) is 13.0. The molecule has 0 saturated carbocycles. The fourth-order valence-electron chi connectivity index (χ4n) is 1.90. The Morgan fingerprint density at radius 2 is 1.24 bits per heavy atom. The Morgan fingerprint density at radius 3 is 1.47 bits per heavy atom. The highest BCUT2D eigenvalue weighted by Gasteiger charge is 2.37. The molecule has 0 bridgehead atoms. The van der Waals surface area contributed by atoms with Crippen molar-refractivity contribution in [1.82, 2.24) is 4.90 Å². The van der Waals surface area contributed by atoms with Crippen LogP contribution in [0.4, 0.5) is 4.79 Å². The summed E-state index contributed by atoms with van der Waals surface area (Å²) in [5.41, 5.74) is -0.489. The van der Waals surface area contributed by atoms with E-state index in [-0.39, 0.29) is 22.6 Å². The van der Waals surface area contributed by atoms with Crippen molar-refractivity contribution in [2.45, 2.75) is 73.4 Å². The van der Waals surface area contributed by atoms with Crippen LogP contribution in [0.5, 0.6) is 0 Å². The molecule has 3 nitrogen and oxygen atoms in total. The Bertz CT molecular complexity index is 249. The summed E-state index contributed by atoms with van der Waals surface area (Å²) in [4.78, 5) is 14.0. The molecule has 0 radical (unpaired) electrons. The molecular formula is C14H29NO2. The highest BCUT2D eigenvalue weighted by molar-refractivity contribution is 5.69. The SMILES string of the molecule is CC(C)(C)COC(=O)N(C(C)(C)C)C(C)(C)C. The summed E-state index contributed by atoms with van der Waals surface area (Å²) < 4.78 is 5.41. The zero-order chi connectivity index (χ0) is 14.1. The van der Waals surface area contributed by atoms with Crippen LogP contribution in [0, 0.1) is 5.41 Å². The molecule has 102 valence electrons. The van der Waals surface area contributed by atoms with Gasteiger partial charge in [0.25, 0.3) is 0 Å². The predicted molar refractivity (Wildman–Crippen MR) is 72.1 cm³/mol. The first-order chi connectivity index (χ1) is 7.25. The summed E-state index contributed by atoms with van der Waals surface area (Å²) in [5.74, 6) is 0. The fraction of sp³-hybridized carbons (Fsp3) is 0.929. The fourth-order valence-corrected chi connectivity index (χ4v) is 1.90. The zero-order valence-corrected chi connectivity index (χ0v) is 13.0. The highest BCUT2D eigenvalue weighted by atomic mass is 16.6. The minimum Gasteiger partial charge on any atom is -0.449 e. The quantitative estimate of drug-likeness (QED) is 0.695. The van der Waals surface area contributed by atoms with E-state index < -0.39 is 0 Å². The molecule has 3 heteroatoms. The molecule has 1 amide bonds. The van der Waals surface area contributed by atoms with Gasteiger partial charge in [-0.05, 0) is 47.0 Å². The molecule has 0 aromatic carbocycles. The second kappa shape index (κ2) is 4.87. The maximum absolute atomic E-state index is 12.2. The van der Waals surface area contributed by atoms with Gasteiger partial charge >= 0.3 is 6.09 Å². The lowest BCUT2D eigenvalue weighted by Gasteiger charge is -2.44. The molecule has 0 atom stereocenters. The second-order valence-electron chi connectivity index (χ2n) is 7.79. The predicted octanol–water partition coefficient (Wildman–Crippen LogP) is 4.07. The number of carbonyl (C=O) groups is 1. The Kier molecular flexibility index (Phi) is 4.66. The van der Waals surface area contributed by atoms with Crippen LogP contribution >= 0.6 is 0 Å². The van der Waals surface area contributed by atoms with E-state index in [1.807, 2.05) is 41.5 Å². The number of amides is 1. The van der Waals surface area contributed by atoms with Gasteiger partial charge in [-0.2, -0.15) is 0 Å². The molecule has 0 saturated heterocycles. The van der Waals surface area contributed by atoms with Crippen LogP contribution in [-0.2, 0) is 4.74 Å². The largest absolute Gasteiger partial charge is 0.449 e. The van der Waals surface area contributed by atoms with Crippen LogP contribution < -0.4 is 0 Å². The molecule has 0 heterocycles. The van der Waals surface area contributed by atoms with E-state index in [1.54, 1.807) is 4.90 Å². The summed E-state index contributed by atoms with van der Waals surface area (Å²) >= 11 is 0. The number of ether oxygens (including phenoxy) is 1. The van der Waals surface area contributed by atoms with Crippen molar-refractivity contribution in [2.75, 3.05) is 6.61 Å². The van der Waals surface area contributed by atoms with Crippen molar-refractivity contribution in [1.29, 1.82) is 0 Å². The third kappa shape index (κ3) is 5.94. The molecule has 0 aromatic rings. The molecule has 0 aliphatic heterocycles. The minimum absolute atomic E-state index is 0.00288. The molecule has 17 heavy (non-hydrogen) atoms. The average Bonchev–Trinajstić information content (AvgIpc) is 1.93. The lowest BCUT2D eigenvalue weighted by atomic mass is 9.96. The number of carbonyl (C=O) groups excluding carboxylic acids is 1. The van der Waals surface area contributed by atoms with E-state index in [2.05, 4.69) is 20.8 Å².